The van der Waals surface area contributed by atoms with E-state index in [2.05, 4.69) is 10.6 Å². The van der Waals surface area contributed by atoms with E-state index in [9.17, 15) is 28.3 Å². The smallest absolute Gasteiger partial charge is 0.258 e. The molecule has 1 aromatic rings. The van der Waals surface area contributed by atoms with Crippen molar-refractivity contribution in [1.29, 1.82) is 0 Å². The molecule has 1 aliphatic heterocycles. The largest absolute Gasteiger partial charge is 0.391 e. The van der Waals surface area contributed by atoms with Crippen LogP contribution in [-0.2, 0) is 20.9 Å². The minimum absolute atomic E-state index is 0.0534. The fourth-order valence-corrected chi connectivity index (χ4v) is 3.88. The van der Waals surface area contributed by atoms with Crippen molar-refractivity contribution >= 4 is 17.7 Å². The summed E-state index contributed by atoms with van der Waals surface area (Å²) in [6, 6.07) is 2.26. The SMILES string of the molecule is Cc1cc(F)ccc1CNC(=O)[C@@H]1C[C@@H](O)CN1C(=O)[C@@H](NC(=O)C1(F)CC1)C(C)(C)C. The maximum absolute atomic E-state index is 14.2. The Balaban J connectivity index is 1.72. The molecule has 9 heteroatoms. The van der Waals surface area contributed by atoms with E-state index in [1.807, 2.05) is 0 Å². The van der Waals surface area contributed by atoms with Gasteiger partial charge < -0.3 is 20.6 Å². The van der Waals surface area contributed by atoms with E-state index < -0.39 is 47.0 Å². The van der Waals surface area contributed by atoms with E-state index in [-0.39, 0.29) is 38.2 Å². The zero-order chi connectivity index (χ0) is 23.8. The number of carbonyl (C=O) groups excluding carboxylic acids is 3. The molecule has 1 heterocycles. The topological polar surface area (TPSA) is 98.7 Å². The zero-order valence-electron chi connectivity index (χ0n) is 18.9. The van der Waals surface area contributed by atoms with Crippen LogP contribution in [0.1, 0.15) is 51.2 Å². The number of aryl methyl sites for hydroxylation is 1. The highest BCUT2D eigenvalue weighted by Crippen LogP contribution is 2.40. The van der Waals surface area contributed by atoms with Gasteiger partial charge in [-0.1, -0.05) is 26.8 Å². The Labute approximate surface area is 186 Å². The van der Waals surface area contributed by atoms with Crippen LogP contribution in [0.15, 0.2) is 18.2 Å². The third-order valence-corrected chi connectivity index (χ3v) is 6.11. The van der Waals surface area contributed by atoms with Crippen molar-refractivity contribution in [2.24, 2.45) is 5.41 Å². The van der Waals surface area contributed by atoms with Gasteiger partial charge in [0.25, 0.3) is 5.91 Å². The summed E-state index contributed by atoms with van der Waals surface area (Å²) >= 11 is 0. The maximum Gasteiger partial charge on any atom is 0.258 e. The lowest BCUT2D eigenvalue weighted by Crippen LogP contribution is -2.59. The Bertz CT molecular complexity index is 911. The van der Waals surface area contributed by atoms with Crippen LogP contribution in [0, 0.1) is 18.2 Å². The fraction of sp³-hybridized carbons (Fsp3) is 0.609. The first kappa shape index (κ1) is 24.1. The summed E-state index contributed by atoms with van der Waals surface area (Å²) in [5, 5.41) is 15.4. The Morgan fingerprint density at radius 2 is 1.94 bits per heavy atom. The number of amides is 3. The van der Waals surface area contributed by atoms with Gasteiger partial charge in [0.15, 0.2) is 5.67 Å². The van der Waals surface area contributed by atoms with Crippen molar-refractivity contribution in [3.05, 3.63) is 35.1 Å². The molecule has 32 heavy (non-hydrogen) atoms. The molecule has 0 spiro atoms. The predicted octanol–water partition coefficient (Wildman–Crippen LogP) is 1.75. The summed E-state index contributed by atoms with van der Waals surface area (Å²) in [5.74, 6) is -2.19. The predicted molar refractivity (Wildman–Crippen MR) is 114 cm³/mol. The second-order valence-electron chi connectivity index (χ2n) is 9.92. The lowest BCUT2D eigenvalue weighted by Gasteiger charge is -2.35. The molecule has 2 fully saturated rings. The Morgan fingerprint density at radius 1 is 1.28 bits per heavy atom. The van der Waals surface area contributed by atoms with E-state index in [1.54, 1.807) is 33.8 Å². The average Bonchev–Trinajstić information content (AvgIpc) is 3.32. The van der Waals surface area contributed by atoms with Crippen molar-refractivity contribution in [1.82, 2.24) is 15.5 Å². The first-order valence-electron chi connectivity index (χ1n) is 10.8. The van der Waals surface area contributed by atoms with Gasteiger partial charge in [-0.05, 0) is 48.4 Å². The molecule has 0 bridgehead atoms. The molecule has 3 rings (SSSR count). The van der Waals surface area contributed by atoms with Crippen molar-refractivity contribution < 1.29 is 28.3 Å². The van der Waals surface area contributed by atoms with Crippen molar-refractivity contribution in [3.8, 4) is 0 Å². The third-order valence-electron chi connectivity index (χ3n) is 6.11. The molecule has 1 saturated heterocycles. The molecule has 1 aromatic carbocycles. The number of likely N-dealkylation sites (tertiary alicyclic amines) is 1. The highest BCUT2D eigenvalue weighted by Gasteiger charge is 2.53. The summed E-state index contributed by atoms with van der Waals surface area (Å²) < 4.78 is 27.5. The quantitative estimate of drug-likeness (QED) is 0.614. The maximum atomic E-state index is 14.2. The summed E-state index contributed by atoms with van der Waals surface area (Å²) in [7, 11) is 0. The molecule has 0 unspecified atom stereocenters. The lowest BCUT2D eigenvalue weighted by atomic mass is 9.85. The first-order chi connectivity index (χ1) is 14.8. The number of hydrogen-bond acceptors (Lipinski definition) is 4. The number of aliphatic hydroxyl groups is 1. The van der Waals surface area contributed by atoms with Gasteiger partial charge >= 0.3 is 0 Å². The van der Waals surface area contributed by atoms with Crippen molar-refractivity contribution in [3.63, 3.8) is 0 Å². The van der Waals surface area contributed by atoms with E-state index in [0.717, 1.165) is 5.56 Å². The number of halogens is 2. The van der Waals surface area contributed by atoms with Crippen LogP contribution < -0.4 is 10.6 Å². The monoisotopic (exact) mass is 451 g/mol. The molecule has 3 amide bonds. The molecule has 0 aromatic heterocycles. The van der Waals surface area contributed by atoms with Gasteiger partial charge in [-0.15, -0.1) is 0 Å². The summed E-state index contributed by atoms with van der Waals surface area (Å²) in [5.41, 5.74) is -1.26. The van der Waals surface area contributed by atoms with Gasteiger partial charge in [0.1, 0.15) is 17.9 Å². The molecule has 0 radical (unpaired) electrons. The number of aliphatic hydroxyl groups excluding tert-OH is 1. The number of rotatable bonds is 6. The van der Waals surface area contributed by atoms with Crippen LogP contribution in [0.5, 0.6) is 0 Å². The second-order valence-corrected chi connectivity index (χ2v) is 9.92. The van der Waals surface area contributed by atoms with Gasteiger partial charge in [-0.2, -0.15) is 0 Å². The molecule has 7 nitrogen and oxygen atoms in total. The van der Waals surface area contributed by atoms with E-state index in [0.29, 0.717) is 5.56 Å². The van der Waals surface area contributed by atoms with Gasteiger partial charge in [-0.3, -0.25) is 14.4 Å². The van der Waals surface area contributed by atoms with Crippen LogP contribution in [0.4, 0.5) is 8.78 Å². The molecule has 1 aliphatic carbocycles. The Kier molecular flexibility index (Phi) is 6.60. The molecular formula is C23H31F2N3O4. The van der Waals surface area contributed by atoms with Crippen LogP contribution in [0.2, 0.25) is 0 Å². The molecule has 2 aliphatic rings. The van der Waals surface area contributed by atoms with Gasteiger partial charge in [0, 0.05) is 19.5 Å². The minimum atomic E-state index is -1.93. The number of nitrogens with zero attached hydrogens (tertiary/aromatic N) is 1. The third kappa shape index (κ3) is 5.26. The Morgan fingerprint density at radius 3 is 2.50 bits per heavy atom. The van der Waals surface area contributed by atoms with Crippen LogP contribution in [0.25, 0.3) is 0 Å². The summed E-state index contributed by atoms with van der Waals surface area (Å²) in [6.45, 7) is 7.04. The van der Waals surface area contributed by atoms with E-state index in [1.165, 1.54) is 17.0 Å². The molecular weight excluding hydrogens is 420 g/mol. The van der Waals surface area contributed by atoms with Gasteiger partial charge in [-0.25, -0.2) is 8.78 Å². The normalized spacial score (nSPS) is 22.9. The average molecular weight is 452 g/mol. The molecule has 176 valence electrons. The van der Waals surface area contributed by atoms with Crippen LogP contribution >= 0.6 is 0 Å². The van der Waals surface area contributed by atoms with Gasteiger partial charge in [0.2, 0.25) is 11.8 Å². The number of alkyl halides is 1. The van der Waals surface area contributed by atoms with Crippen molar-refractivity contribution in [2.45, 2.75) is 77.4 Å². The number of β-amino-alcohol motifs (C(OH)–C–C–N with tert-alkyl or cyclic N) is 1. The second kappa shape index (κ2) is 8.77. The fourth-order valence-electron chi connectivity index (χ4n) is 3.88. The number of benzene rings is 1. The minimum Gasteiger partial charge on any atom is -0.391 e. The van der Waals surface area contributed by atoms with E-state index in [4.69, 9.17) is 0 Å². The Hall–Kier alpha value is -2.55. The van der Waals surface area contributed by atoms with Crippen molar-refractivity contribution in [2.75, 3.05) is 6.54 Å². The molecule has 3 atom stereocenters. The number of nitrogens with one attached hydrogen (secondary N) is 2. The molecule has 3 N–H and O–H groups in total. The lowest BCUT2D eigenvalue weighted by molar-refractivity contribution is -0.145. The summed E-state index contributed by atoms with van der Waals surface area (Å²) in [6.07, 6.45) is -0.590. The highest BCUT2D eigenvalue weighted by molar-refractivity contribution is 5.95. The highest BCUT2D eigenvalue weighted by atomic mass is 19.1. The molecule has 1 saturated carbocycles. The standard InChI is InChI=1S/C23H31F2N3O4/c1-13-9-15(24)6-5-14(13)11-26-19(30)17-10-16(29)12-28(17)20(31)18(22(2,3)4)27-21(32)23(25)7-8-23/h5-6,9,16-18,29H,7-8,10-12H2,1-4H3,(H,26,30)(H,27,32)/t16-,17+,18-/m1/s1. The number of hydrogen-bond donors (Lipinski definition) is 3. The zero-order valence-corrected chi connectivity index (χ0v) is 18.9. The van der Waals surface area contributed by atoms with E-state index >= 15 is 0 Å². The van der Waals surface area contributed by atoms with Crippen LogP contribution in [-0.4, -0.2) is 58.1 Å². The summed E-state index contributed by atoms with van der Waals surface area (Å²) in [4.78, 5) is 39.8. The number of carbonyl (C=O) groups is 3. The van der Waals surface area contributed by atoms with Crippen LogP contribution in [0.3, 0.4) is 0 Å². The first-order valence-corrected chi connectivity index (χ1v) is 10.8. The van der Waals surface area contributed by atoms with Gasteiger partial charge in [0.05, 0.1) is 6.10 Å².